The minimum Gasteiger partial charge on any atom is -0.496 e. The zero-order valence-corrected chi connectivity index (χ0v) is 14.5. The molecule has 0 heterocycles. The number of halogens is 4. The molecule has 0 amide bonds. The molecule has 0 aliphatic carbocycles. The molecule has 1 atom stereocenters. The van der Waals surface area contributed by atoms with Gasteiger partial charge in [0.1, 0.15) is 5.75 Å². The Hall–Kier alpha value is -0.410. The third kappa shape index (κ3) is 3.82. The van der Waals surface area contributed by atoms with Gasteiger partial charge in [0.2, 0.25) is 0 Å². The van der Waals surface area contributed by atoms with Crippen LogP contribution < -0.4 is 4.74 Å². The van der Waals surface area contributed by atoms with E-state index in [1.807, 2.05) is 24.3 Å². The molecular weight excluding hydrogens is 382 g/mol. The Balaban J connectivity index is 2.23. The zero-order valence-electron chi connectivity index (χ0n) is 10.7. The zero-order chi connectivity index (χ0) is 14.7. The fourth-order valence-electron chi connectivity index (χ4n) is 1.93. The van der Waals surface area contributed by atoms with Crippen molar-refractivity contribution >= 4 is 50.7 Å². The Kier molecular flexibility index (Phi) is 5.62. The Morgan fingerprint density at radius 3 is 2.45 bits per heavy atom. The summed E-state index contributed by atoms with van der Waals surface area (Å²) in [6.45, 7) is 0. The molecule has 0 saturated carbocycles. The van der Waals surface area contributed by atoms with E-state index < -0.39 is 0 Å². The molecule has 5 heteroatoms. The second-order valence-electron chi connectivity index (χ2n) is 4.31. The molecule has 1 nitrogen and oxygen atoms in total. The van der Waals surface area contributed by atoms with Crippen molar-refractivity contribution in [2.24, 2.45) is 0 Å². The van der Waals surface area contributed by atoms with E-state index in [-0.39, 0.29) is 4.83 Å². The van der Waals surface area contributed by atoms with E-state index >= 15 is 0 Å². The first-order valence-electron chi connectivity index (χ1n) is 5.92. The summed E-state index contributed by atoms with van der Waals surface area (Å²) in [5.74, 6) is 0.763. The molecule has 2 aromatic carbocycles. The van der Waals surface area contributed by atoms with Crippen LogP contribution in [0.4, 0.5) is 0 Å². The number of benzene rings is 2. The third-order valence-corrected chi connectivity index (χ3v) is 4.72. The summed E-state index contributed by atoms with van der Waals surface area (Å²) in [6, 6.07) is 11.3. The average molecular weight is 395 g/mol. The van der Waals surface area contributed by atoms with Gasteiger partial charge in [-0.2, -0.15) is 0 Å². The smallest absolute Gasteiger partial charge is 0.124 e. The number of ether oxygens (including phenoxy) is 1. The lowest BCUT2D eigenvalue weighted by molar-refractivity contribution is 0.409. The largest absolute Gasteiger partial charge is 0.496 e. The Labute approximate surface area is 141 Å². The van der Waals surface area contributed by atoms with Gasteiger partial charge in [0, 0.05) is 15.4 Å². The van der Waals surface area contributed by atoms with Gasteiger partial charge < -0.3 is 4.74 Å². The van der Waals surface area contributed by atoms with E-state index in [0.717, 1.165) is 23.3 Å². The van der Waals surface area contributed by atoms with Gasteiger partial charge in [-0.3, -0.25) is 0 Å². The molecule has 2 aromatic rings. The summed E-state index contributed by atoms with van der Waals surface area (Å²) < 4.78 is 5.37. The van der Waals surface area contributed by atoms with Crippen molar-refractivity contribution in [1.29, 1.82) is 0 Å². The van der Waals surface area contributed by atoms with Crippen molar-refractivity contribution in [3.8, 4) is 5.75 Å². The van der Waals surface area contributed by atoms with Crippen LogP contribution in [-0.2, 0) is 6.42 Å². The highest BCUT2D eigenvalue weighted by atomic mass is 79.9. The monoisotopic (exact) mass is 392 g/mol. The molecule has 0 spiro atoms. The number of methoxy groups -OCH3 is 1. The van der Waals surface area contributed by atoms with E-state index in [0.29, 0.717) is 15.1 Å². The van der Waals surface area contributed by atoms with Crippen molar-refractivity contribution in [2.45, 2.75) is 11.2 Å². The van der Waals surface area contributed by atoms with Crippen LogP contribution in [0.5, 0.6) is 5.75 Å². The van der Waals surface area contributed by atoms with Gasteiger partial charge in [0.15, 0.2) is 0 Å². The fourth-order valence-corrected chi connectivity index (χ4v) is 3.16. The highest BCUT2D eigenvalue weighted by molar-refractivity contribution is 9.09. The number of rotatable bonds is 4. The third-order valence-electron chi connectivity index (χ3n) is 2.93. The predicted octanol–water partition coefficient (Wildman–Crippen LogP) is 6.33. The Bertz CT molecular complexity index is 616. The topological polar surface area (TPSA) is 9.23 Å². The van der Waals surface area contributed by atoms with Gasteiger partial charge in [-0.15, -0.1) is 0 Å². The van der Waals surface area contributed by atoms with Crippen molar-refractivity contribution in [2.75, 3.05) is 7.11 Å². The molecule has 0 aliphatic rings. The molecule has 2 rings (SSSR count). The Morgan fingerprint density at radius 1 is 1.05 bits per heavy atom. The minimum atomic E-state index is 0.104. The van der Waals surface area contributed by atoms with Crippen LogP contribution in [0.25, 0.3) is 0 Å². The van der Waals surface area contributed by atoms with Gasteiger partial charge in [-0.05, 0) is 36.2 Å². The predicted molar refractivity (Wildman–Crippen MR) is 89.8 cm³/mol. The summed E-state index contributed by atoms with van der Waals surface area (Å²) >= 11 is 21.6. The molecule has 0 aromatic heterocycles. The lowest BCUT2D eigenvalue weighted by atomic mass is 10.0. The standard InChI is InChI=1S/C15H12BrCl3O/c1-20-15-8-10(17)3-4-11(15)12(16)6-9-2-5-13(18)14(19)7-9/h2-5,7-8,12H,6H2,1H3. The lowest BCUT2D eigenvalue weighted by Gasteiger charge is -2.15. The Morgan fingerprint density at radius 2 is 1.80 bits per heavy atom. The van der Waals surface area contributed by atoms with E-state index in [9.17, 15) is 0 Å². The summed E-state index contributed by atoms with van der Waals surface area (Å²) in [4.78, 5) is 0.104. The van der Waals surface area contributed by atoms with Gasteiger partial charge >= 0.3 is 0 Å². The van der Waals surface area contributed by atoms with Gasteiger partial charge in [0.05, 0.1) is 17.2 Å². The molecule has 0 saturated heterocycles. The molecule has 0 bridgehead atoms. The van der Waals surface area contributed by atoms with Crippen molar-refractivity contribution in [3.63, 3.8) is 0 Å². The second kappa shape index (κ2) is 7.04. The molecule has 0 N–H and O–H groups in total. The van der Waals surface area contributed by atoms with Crippen LogP contribution >= 0.6 is 50.7 Å². The SMILES string of the molecule is COc1cc(Cl)ccc1C(Br)Cc1ccc(Cl)c(Cl)c1. The summed E-state index contributed by atoms with van der Waals surface area (Å²) in [6.07, 6.45) is 0.773. The number of hydrogen-bond donors (Lipinski definition) is 0. The maximum absolute atomic E-state index is 6.03. The lowest BCUT2D eigenvalue weighted by Crippen LogP contribution is -1.99. The highest BCUT2D eigenvalue weighted by Gasteiger charge is 2.14. The molecule has 1 unspecified atom stereocenters. The second-order valence-corrected chi connectivity index (χ2v) is 6.66. The van der Waals surface area contributed by atoms with Crippen LogP contribution in [-0.4, -0.2) is 7.11 Å². The first kappa shape index (κ1) is 16.0. The van der Waals surface area contributed by atoms with E-state index in [2.05, 4.69) is 15.9 Å². The molecule has 0 radical (unpaired) electrons. The highest BCUT2D eigenvalue weighted by Crippen LogP contribution is 2.36. The van der Waals surface area contributed by atoms with E-state index in [1.54, 1.807) is 19.2 Å². The molecule has 0 aliphatic heterocycles. The van der Waals surface area contributed by atoms with Crippen LogP contribution in [0.3, 0.4) is 0 Å². The molecule has 0 fully saturated rings. The van der Waals surface area contributed by atoms with Crippen LogP contribution in [0.15, 0.2) is 36.4 Å². The first-order chi connectivity index (χ1) is 9.51. The number of hydrogen-bond acceptors (Lipinski definition) is 1. The first-order valence-corrected chi connectivity index (χ1v) is 7.97. The maximum atomic E-state index is 6.03. The maximum Gasteiger partial charge on any atom is 0.124 e. The summed E-state index contributed by atoms with van der Waals surface area (Å²) in [5, 5.41) is 1.78. The van der Waals surface area contributed by atoms with Crippen molar-refractivity contribution in [3.05, 3.63) is 62.6 Å². The van der Waals surface area contributed by atoms with Crippen LogP contribution in [0.1, 0.15) is 16.0 Å². The van der Waals surface area contributed by atoms with Gasteiger partial charge in [-0.25, -0.2) is 0 Å². The summed E-state index contributed by atoms with van der Waals surface area (Å²) in [5.41, 5.74) is 2.14. The fraction of sp³-hybridized carbons (Fsp3) is 0.200. The van der Waals surface area contributed by atoms with Crippen molar-refractivity contribution in [1.82, 2.24) is 0 Å². The minimum absolute atomic E-state index is 0.104. The molecule has 20 heavy (non-hydrogen) atoms. The van der Waals surface area contributed by atoms with Gasteiger partial charge in [-0.1, -0.05) is 62.9 Å². The number of alkyl halides is 1. The molecule has 106 valence electrons. The normalized spacial score (nSPS) is 12.2. The van der Waals surface area contributed by atoms with Crippen LogP contribution in [0, 0.1) is 0 Å². The quantitative estimate of drug-likeness (QED) is 0.550. The molecular formula is C15H12BrCl3O. The van der Waals surface area contributed by atoms with Crippen molar-refractivity contribution < 1.29 is 4.74 Å². The average Bonchev–Trinajstić information content (AvgIpc) is 2.42. The van der Waals surface area contributed by atoms with E-state index in [1.165, 1.54) is 0 Å². The van der Waals surface area contributed by atoms with Crippen LogP contribution in [0.2, 0.25) is 15.1 Å². The summed E-state index contributed by atoms with van der Waals surface area (Å²) in [7, 11) is 1.63. The van der Waals surface area contributed by atoms with E-state index in [4.69, 9.17) is 39.5 Å². The van der Waals surface area contributed by atoms with Gasteiger partial charge in [0.25, 0.3) is 0 Å².